The van der Waals surface area contributed by atoms with Crippen LogP contribution in [0.15, 0.2) is 45.7 Å². The fraction of sp³-hybridized carbons (Fsp3) is 0.0714. The number of aromatic nitrogens is 2. The molecular weight excluding hydrogens is 282 g/mol. The highest BCUT2D eigenvalue weighted by molar-refractivity contribution is 5.96. The van der Waals surface area contributed by atoms with Gasteiger partial charge in [0.2, 0.25) is 0 Å². The maximum Gasteiger partial charge on any atom is 0.421 e. The second-order valence-corrected chi connectivity index (χ2v) is 4.33. The average molecular weight is 290 g/mol. The summed E-state index contributed by atoms with van der Waals surface area (Å²) in [7, 11) is 0. The van der Waals surface area contributed by atoms with Gasteiger partial charge < -0.3 is 4.42 Å². The van der Waals surface area contributed by atoms with Crippen LogP contribution in [-0.2, 0) is 6.54 Å². The Labute approximate surface area is 116 Å². The number of oxazole rings is 1. The van der Waals surface area contributed by atoms with E-state index in [1.165, 1.54) is 12.3 Å². The quantitative estimate of drug-likeness (QED) is 0.693. The maximum atomic E-state index is 13.6. The van der Waals surface area contributed by atoms with E-state index < -0.39 is 29.7 Å². The fourth-order valence-corrected chi connectivity index (χ4v) is 1.98. The van der Waals surface area contributed by atoms with Crippen molar-refractivity contribution in [3.8, 4) is 0 Å². The third-order valence-electron chi connectivity index (χ3n) is 2.96. The molecule has 106 valence electrons. The van der Waals surface area contributed by atoms with Gasteiger partial charge in [0.15, 0.2) is 17.0 Å². The molecule has 0 saturated heterocycles. The van der Waals surface area contributed by atoms with Crippen LogP contribution in [-0.4, -0.2) is 15.3 Å². The van der Waals surface area contributed by atoms with Crippen LogP contribution < -0.4 is 5.76 Å². The topological polar surface area (TPSA) is 65.1 Å². The third kappa shape index (κ3) is 2.33. The highest BCUT2D eigenvalue weighted by atomic mass is 19.1. The third-order valence-corrected chi connectivity index (χ3v) is 2.96. The van der Waals surface area contributed by atoms with Crippen LogP contribution in [0.3, 0.4) is 0 Å². The lowest BCUT2D eigenvalue weighted by molar-refractivity contribution is 0.0966. The Hall–Kier alpha value is -2.83. The van der Waals surface area contributed by atoms with E-state index >= 15 is 0 Å². The van der Waals surface area contributed by atoms with Crippen LogP contribution in [0.5, 0.6) is 0 Å². The van der Waals surface area contributed by atoms with Gasteiger partial charge in [-0.05, 0) is 24.3 Å². The monoisotopic (exact) mass is 290 g/mol. The van der Waals surface area contributed by atoms with E-state index in [9.17, 15) is 18.4 Å². The summed E-state index contributed by atoms with van der Waals surface area (Å²) in [6, 6.07) is 5.74. The molecule has 21 heavy (non-hydrogen) atoms. The number of halogens is 2. The molecule has 0 fully saturated rings. The number of hydrogen-bond donors (Lipinski definition) is 0. The van der Waals surface area contributed by atoms with Gasteiger partial charge in [0.25, 0.3) is 0 Å². The van der Waals surface area contributed by atoms with E-state index in [4.69, 9.17) is 4.42 Å². The summed E-state index contributed by atoms with van der Waals surface area (Å²) >= 11 is 0. The van der Waals surface area contributed by atoms with E-state index in [-0.39, 0.29) is 16.8 Å². The number of Topliss-reactive ketones (excluding diaryl/α,β-unsaturated/α-hetero) is 1. The number of nitrogens with zero attached hydrogens (tertiary/aromatic N) is 2. The average Bonchev–Trinajstić information content (AvgIpc) is 2.75. The summed E-state index contributed by atoms with van der Waals surface area (Å²) in [6.07, 6.45) is 1.44. The van der Waals surface area contributed by atoms with E-state index in [0.717, 1.165) is 16.7 Å². The highest BCUT2D eigenvalue weighted by Crippen LogP contribution is 2.13. The first-order valence-electron chi connectivity index (χ1n) is 5.99. The van der Waals surface area contributed by atoms with Gasteiger partial charge in [-0.25, -0.2) is 18.6 Å². The molecule has 2 heterocycles. The van der Waals surface area contributed by atoms with E-state index in [2.05, 4.69) is 4.98 Å². The van der Waals surface area contributed by atoms with Crippen molar-refractivity contribution in [1.29, 1.82) is 0 Å². The molecule has 2 aromatic heterocycles. The Balaban J connectivity index is 2.00. The van der Waals surface area contributed by atoms with Crippen molar-refractivity contribution < 1.29 is 18.0 Å². The summed E-state index contributed by atoms with van der Waals surface area (Å²) < 4.78 is 32.3. The van der Waals surface area contributed by atoms with Crippen molar-refractivity contribution in [2.24, 2.45) is 0 Å². The Morgan fingerprint density at radius 1 is 1.29 bits per heavy atom. The first-order chi connectivity index (χ1) is 10.1. The molecule has 5 nitrogen and oxygen atoms in total. The minimum atomic E-state index is -0.978. The van der Waals surface area contributed by atoms with Crippen LogP contribution in [0, 0.1) is 11.6 Å². The molecule has 0 atom stereocenters. The van der Waals surface area contributed by atoms with Gasteiger partial charge in [0, 0.05) is 12.3 Å². The molecule has 1 aromatic carbocycles. The van der Waals surface area contributed by atoms with Gasteiger partial charge in [0.05, 0.1) is 12.1 Å². The molecule has 0 amide bonds. The largest absolute Gasteiger partial charge is 0.421 e. The number of hydrogen-bond acceptors (Lipinski definition) is 4. The van der Waals surface area contributed by atoms with Gasteiger partial charge >= 0.3 is 5.76 Å². The Kier molecular flexibility index (Phi) is 3.09. The second-order valence-electron chi connectivity index (χ2n) is 4.33. The van der Waals surface area contributed by atoms with Crippen molar-refractivity contribution in [3.63, 3.8) is 0 Å². The second kappa shape index (κ2) is 4.93. The van der Waals surface area contributed by atoms with Crippen molar-refractivity contribution in [2.45, 2.75) is 6.54 Å². The number of carbonyl (C=O) groups is 1. The van der Waals surface area contributed by atoms with Gasteiger partial charge in [-0.2, -0.15) is 0 Å². The molecule has 3 aromatic rings. The summed E-state index contributed by atoms with van der Waals surface area (Å²) in [5.74, 6) is -3.20. The zero-order valence-electron chi connectivity index (χ0n) is 10.5. The molecular formula is C14H8F2N2O3. The number of carbonyl (C=O) groups excluding carboxylic acids is 1. The number of ketones is 1. The summed E-state index contributed by atoms with van der Waals surface area (Å²) in [5, 5.41) is 0. The molecule has 7 heteroatoms. The van der Waals surface area contributed by atoms with Crippen molar-refractivity contribution >= 4 is 17.0 Å². The number of benzene rings is 1. The maximum absolute atomic E-state index is 13.6. The van der Waals surface area contributed by atoms with Crippen LogP contribution >= 0.6 is 0 Å². The van der Waals surface area contributed by atoms with Gasteiger partial charge in [0.1, 0.15) is 11.6 Å². The predicted molar refractivity (Wildman–Crippen MR) is 69.0 cm³/mol. The van der Waals surface area contributed by atoms with Crippen LogP contribution in [0.1, 0.15) is 10.4 Å². The number of fused-ring (bicyclic) bond motifs is 1. The Morgan fingerprint density at radius 3 is 2.86 bits per heavy atom. The lowest BCUT2D eigenvalue weighted by Gasteiger charge is -2.03. The lowest BCUT2D eigenvalue weighted by atomic mass is 10.1. The molecule has 0 bridgehead atoms. The predicted octanol–water partition coefficient (Wildman–Crippen LogP) is 2.15. The smallest absolute Gasteiger partial charge is 0.406 e. The van der Waals surface area contributed by atoms with Crippen LogP contribution in [0.4, 0.5) is 8.78 Å². The normalized spacial score (nSPS) is 11.0. The molecule has 0 aliphatic rings. The molecule has 0 aliphatic heterocycles. The van der Waals surface area contributed by atoms with E-state index in [0.29, 0.717) is 6.07 Å². The first kappa shape index (κ1) is 13.2. The van der Waals surface area contributed by atoms with Gasteiger partial charge in [-0.3, -0.25) is 9.36 Å². The molecule has 0 unspecified atom stereocenters. The van der Waals surface area contributed by atoms with Crippen LogP contribution in [0.25, 0.3) is 11.2 Å². The van der Waals surface area contributed by atoms with Crippen molar-refractivity contribution in [3.05, 3.63) is 64.3 Å². The van der Waals surface area contributed by atoms with Gasteiger partial charge in [-0.1, -0.05) is 0 Å². The molecule has 0 aliphatic carbocycles. The minimum Gasteiger partial charge on any atom is -0.406 e. The molecule has 0 saturated carbocycles. The highest BCUT2D eigenvalue weighted by Gasteiger charge is 2.17. The number of pyridine rings is 1. The zero-order chi connectivity index (χ0) is 15.0. The van der Waals surface area contributed by atoms with Gasteiger partial charge in [-0.15, -0.1) is 0 Å². The number of rotatable bonds is 3. The Morgan fingerprint density at radius 2 is 2.10 bits per heavy atom. The van der Waals surface area contributed by atoms with Crippen molar-refractivity contribution in [2.75, 3.05) is 0 Å². The van der Waals surface area contributed by atoms with Crippen LogP contribution in [0.2, 0.25) is 0 Å². The summed E-state index contributed by atoms with van der Waals surface area (Å²) in [5.41, 5.74) is 0.127. The van der Waals surface area contributed by atoms with Crippen molar-refractivity contribution in [1.82, 2.24) is 9.55 Å². The molecule has 0 spiro atoms. The standard InChI is InChI=1S/C14H8F2N2O3/c15-8-3-4-9(10(16)6-8)11(19)7-18-13-12(21-14(18)20)2-1-5-17-13/h1-6H,7H2. The first-order valence-corrected chi connectivity index (χ1v) is 5.99. The SMILES string of the molecule is O=C(Cn1c(=O)oc2cccnc21)c1ccc(F)cc1F. The lowest BCUT2D eigenvalue weighted by Crippen LogP contribution is -2.21. The molecule has 0 N–H and O–H groups in total. The molecule has 0 radical (unpaired) electrons. The fourth-order valence-electron chi connectivity index (χ4n) is 1.98. The molecule has 3 rings (SSSR count). The summed E-state index contributed by atoms with van der Waals surface area (Å²) in [4.78, 5) is 27.7. The van der Waals surface area contributed by atoms with E-state index in [1.807, 2.05) is 0 Å². The zero-order valence-corrected chi connectivity index (χ0v) is 10.5. The summed E-state index contributed by atoms with van der Waals surface area (Å²) in [6.45, 7) is -0.439. The van der Waals surface area contributed by atoms with E-state index in [1.54, 1.807) is 6.07 Å². The Bertz CT molecular complexity index is 899. The minimum absolute atomic E-state index is 0.193.